The second kappa shape index (κ2) is 3.98. The summed E-state index contributed by atoms with van der Waals surface area (Å²) in [6, 6.07) is 4.30. The van der Waals surface area contributed by atoms with E-state index in [4.69, 9.17) is 9.40 Å². The zero-order chi connectivity index (χ0) is 13.7. The van der Waals surface area contributed by atoms with Crippen LogP contribution in [0.4, 0.5) is 0 Å². The third-order valence-corrected chi connectivity index (χ3v) is 3.72. The summed E-state index contributed by atoms with van der Waals surface area (Å²) >= 11 is 0. The minimum Gasteiger partial charge on any atom is -0.466 e. The molecule has 1 N–H and O–H groups in total. The van der Waals surface area contributed by atoms with E-state index in [1.54, 1.807) is 0 Å². The van der Waals surface area contributed by atoms with Crippen LogP contribution in [0.2, 0.25) is 0 Å². The first-order valence-corrected chi connectivity index (χ1v) is 6.51. The van der Waals surface area contributed by atoms with Crippen LogP contribution in [0.25, 0.3) is 22.4 Å². The Bertz CT molecular complexity index is 778. The monoisotopic (exact) mass is 254 g/mol. The van der Waals surface area contributed by atoms with E-state index < -0.39 is 0 Å². The topological polar surface area (TPSA) is 41.8 Å². The molecule has 98 valence electrons. The number of aromatic nitrogens is 2. The highest BCUT2D eigenvalue weighted by Gasteiger charge is 2.17. The van der Waals surface area contributed by atoms with Gasteiger partial charge in [0.05, 0.1) is 16.6 Å². The Morgan fingerprint density at radius 1 is 1.00 bits per heavy atom. The summed E-state index contributed by atoms with van der Waals surface area (Å²) in [5, 5.41) is 0. The van der Waals surface area contributed by atoms with Crippen LogP contribution in [-0.4, -0.2) is 9.97 Å². The van der Waals surface area contributed by atoms with Gasteiger partial charge in [0.1, 0.15) is 17.3 Å². The maximum absolute atomic E-state index is 5.69. The molecule has 3 heteroatoms. The van der Waals surface area contributed by atoms with Gasteiger partial charge in [-0.1, -0.05) is 6.07 Å². The summed E-state index contributed by atoms with van der Waals surface area (Å²) < 4.78 is 5.69. The van der Waals surface area contributed by atoms with Crippen molar-refractivity contribution in [1.82, 2.24) is 9.97 Å². The number of imidazole rings is 1. The first kappa shape index (κ1) is 12.0. The Morgan fingerprint density at radius 3 is 2.37 bits per heavy atom. The fraction of sp³-hybridized carbons (Fsp3) is 0.312. The molecular weight excluding hydrogens is 236 g/mol. The van der Waals surface area contributed by atoms with Crippen LogP contribution < -0.4 is 0 Å². The third kappa shape index (κ3) is 1.77. The zero-order valence-electron chi connectivity index (χ0n) is 12.0. The molecular formula is C16H18N2O. The molecule has 0 saturated heterocycles. The largest absolute Gasteiger partial charge is 0.466 e. The fourth-order valence-corrected chi connectivity index (χ4v) is 2.73. The minimum atomic E-state index is 0.899. The molecule has 0 unspecified atom stereocenters. The summed E-state index contributed by atoms with van der Waals surface area (Å²) in [7, 11) is 0. The predicted octanol–water partition coefficient (Wildman–Crippen LogP) is 4.37. The molecule has 2 aromatic heterocycles. The predicted molar refractivity (Wildman–Crippen MR) is 77.5 cm³/mol. The van der Waals surface area contributed by atoms with Crippen LogP contribution >= 0.6 is 0 Å². The molecule has 2 heterocycles. The van der Waals surface area contributed by atoms with E-state index in [2.05, 4.69) is 37.9 Å². The summed E-state index contributed by atoms with van der Waals surface area (Å²) in [6.07, 6.45) is 0. The molecule has 1 aromatic carbocycles. The van der Waals surface area contributed by atoms with E-state index in [1.807, 2.05) is 13.8 Å². The van der Waals surface area contributed by atoms with Crippen molar-refractivity contribution < 1.29 is 4.42 Å². The molecule has 0 amide bonds. The molecule has 0 bridgehead atoms. The molecule has 3 nitrogen and oxygen atoms in total. The summed E-state index contributed by atoms with van der Waals surface area (Å²) in [5.41, 5.74) is 6.82. The number of nitrogens with one attached hydrogen (secondary N) is 1. The van der Waals surface area contributed by atoms with Crippen LogP contribution in [0.5, 0.6) is 0 Å². The van der Waals surface area contributed by atoms with Gasteiger partial charge >= 0.3 is 0 Å². The van der Waals surface area contributed by atoms with Gasteiger partial charge in [-0.3, -0.25) is 0 Å². The van der Waals surface area contributed by atoms with E-state index in [1.165, 1.54) is 11.1 Å². The minimum absolute atomic E-state index is 0.899. The summed E-state index contributed by atoms with van der Waals surface area (Å²) in [5.74, 6) is 2.78. The van der Waals surface area contributed by atoms with Crippen LogP contribution in [0, 0.1) is 34.6 Å². The van der Waals surface area contributed by atoms with Crippen molar-refractivity contribution in [2.24, 2.45) is 0 Å². The Kier molecular flexibility index (Phi) is 2.52. The molecule has 0 aliphatic heterocycles. The van der Waals surface area contributed by atoms with Crippen LogP contribution in [0.1, 0.15) is 28.2 Å². The van der Waals surface area contributed by atoms with Gasteiger partial charge in [-0.25, -0.2) is 4.98 Å². The average molecular weight is 254 g/mol. The SMILES string of the molecule is Cc1cc(C)c2nc(-c3c(C)oc(C)c3C)[nH]c2c1. The highest BCUT2D eigenvalue weighted by atomic mass is 16.3. The standard InChI is InChI=1S/C16H18N2O/c1-8-6-9(2)15-13(7-8)17-16(18-15)14-10(3)11(4)19-12(14)5/h6-7H,1-5H3,(H,17,18). The van der Waals surface area contributed by atoms with Gasteiger partial charge in [0, 0.05) is 5.56 Å². The average Bonchev–Trinajstić information content (AvgIpc) is 2.81. The van der Waals surface area contributed by atoms with Crippen molar-refractivity contribution in [2.75, 3.05) is 0 Å². The number of rotatable bonds is 1. The van der Waals surface area contributed by atoms with E-state index in [0.717, 1.165) is 39.5 Å². The van der Waals surface area contributed by atoms with Crippen molar-refractivity contribution in [1.29, 1.82) is 0 Å². The van der Waals surface area contributed by atoms with Gasteiger partial charge < -0.3 is 9.40 Å². The van der Waals surface area contributed by atoms with E-state index in [0.29, 0.717) is 0 Å². The lowest BCUT2D eigenvalue weighted by Crippen LogP contribution is -1.84. The Morgan fingerprint density at radius 2 is 1.74 bits per heavy atom. The molecule has 0 atom stereocenters. The molecule has 19 heavy (non-hydrogen) atoms. The van der Waals surface area contributed by atoms with Crippen molar-refractivity contribution in [2.45, 2.75) is 34.6 Å². The van der Waals surface area contributed by atoms with Gasteiger partial charge in [0.2, 0.25) is 0 Å². The molecule has 3 aromatic rings. The third-order valence-electron chi connectivity index (χ3n) is 3.72. The van der Waals surface area contributed by atoms with Crippen LogP contribution in [0.15, 0.2) is 16.5 Å². The fourth-order valence-electron chi connectivity index (χ4n) is 2.73. The smallest absolute Gasteiger partial charge is 0.142 e. The molecule has 0 aliphatic rings. The van der Waals surface area contributed by atoms with Crippen molar-refractivity contribution >= 4 is 11.0 Å². The van der Waals surface area contributed by atoms with Gasteiger partial charge in [0.15, 0.2) is 0 Å². The second-order valence-corrected chi connectivity index (χ2v) is 5.28. The van der Waals surface area contributed by atoms with E-state index in [-0.39, 0.29) is 0 Å². The molecule has 0 aliphatic carbocycles. The van der Waals surface area contributed by atoms with Crippen LogP contribution in [-0.2, 0) is 0 Å². The number of hydrogen-bond donors (Lipinski definition) is 1. The Labute approximate surface area is 112 Å². The van der Waals surface area contributed by atoms with Crippen molar-refractivity contribution in [3.63, 3.8) is 0 Å². The summed E-state index contributed by atoms with van der Waals surface area (Å²) in [4.78, 5) is 8.16. The molecule has 0 spiro atoms. The Hall–Kier alpha value is -2.03. The molecule has 0 radical (unpaired) electrons. The number of aromatic amines is 1. The molecule has 3 rings (SSSR count). The lowest BCUT2D eigenvalue weighted by molar-refractivity contribution is 0.503. The van der Waals surface area contributed by atoms with Gasteiger partial charge in [-0.15, -0.1) is 0 Å². The summed E-state index contributed by atoms with van der Waals surface area (Å²) in [6.45, 7) is 10.3. The maximum atomic E-state index is 5.69. The number of fused-ring (bicyclic) bond motifs is 1. The second-order valence-electron chi connectivity index (χ2n) is 5.28. The number of benzene rings is 1. The lowest BCUT2D eigenvalue weighted by atomic mass is 10.1. The quantitative estimate of drug-likeness (QED) is 0.700. The van der Waals surface area contributed by atoms with Gasteiger partial charge in [0.25, 0.3) is 0 Å². The van der Waals surface area contributed by atoms with E-state index >= 15 is 0 Å². The van der Waals surface area contributed by atoms with Crippen LogP contribution in [0.3, 0.4) is 0 Å². The number of furan rings is 1. The zero-order valence-corrected chi connectivity index (χ0v) is 12.0. The number of hydrogen-bond acceptors (Lipinski definition) is 2. The number of nitrogens with zero attached hydrogens (tertiary/aromatic N) is 1. The highest BCUT2D eigenvalue weighted by molar-refractivity contribution is 5.83. The first-order chi connectivity index (χ1) is 8.97. The normalized spacial score (nSPS) is 11.4. The molecule has 0 fully saturated rings. The van der Waals surface area contributed by atoms with Crippen molar-refractivity contribution in [3.8, 4) is 11.4 Å². The number of aryl methyl sites for hydroxylation is 4. The van der Waals surface area contributed by atoms with E-state index in [9.17, 15) is 0 Å². The van der Waals surface area contributed by atoms with Crippen molar-refractivity contribution in [3.05, 3.63) is 40.3 Å². The first-order valence-electron chi connectivity index (χ1n) is 6.51. The van der Waals surface area contributed by atoms with Gasteiger partial charge in [-0.05, 0) is 51.8 Å². The lowest BCUT2D eigenvalue weighted by Gasteiger charge is -1.96. The van der Waals surface area contributed by atoms with Gasteiger partial charge in [-0.2, -0.15) is 0 Å². The number of H-pyrrole nitrogens is 1. The maximum Gasteiger partial charge on any atom is 0.142 e. The Balaban J connectivity index is 2.29. The highest BCUT2D eigenvalue weighted by Crippen LogP contribution is 2.31. The molecule has 0 saturated carbocycles.